The van der Waals surface area contributed by atoms with Gasteiger partial charge in [0.2, 0.25) is 0 Å². The SMILES string of the molecule is C/C=C/CCc1ccc(C2CCC(CCc3ccc(C[C@@H](C)c4ccccc4)cc3)CC2)cc1. The second kappa shape index (κ2) is 12.7. The van der Waals surface area contributed by atoms with Crippen LogP contribution in [0.5, 0.6) is 0 Å². The van der Waals surface area contributed by atoms with Gasteiger partial charge in [0.25, 0.3) is 0 Å². The maximum Gasteiger partial charge on any atom is -0.0150 e. The van der Waals surface area contributed by atoms with Gasteiger partial charge in [0.05, 0.1) is 0 Å². The van der Waals surface area contributed by atoms with Crippen LogP contribution in [-0.2, 0) is 19.3 Å². The zero-order valence-electron chi connectivity index (χ0n) is 21.3. The Morgan fingerprint density at radius 1 is 0.735 bits per heavy atom. The van der Waals surface area contributed by atoms with Crippen LogP contribution in [0.2, 0.25) is 0 Å². The normalized spacial score (nSPS) is 19.4. The van der Waals surface area contributed by atoms with E-state index in [0.29, 0.717) is 5.92 Å². The van der Waals surface area contributed by atoms with Crippen molar-refractivity contribution >= 4 is 0 Å². The van der Waals surface area contributed by atoms with Gasteiger partial charge in [0.15, 0.2) is 0 Å². The minimum atomic E-state index is 0.566. The molecule has 178 valence electrons. The number of benzene rings is 3. The number of allylic oxidation sites excluding steroid dienone is 2. The van der Waals surface area contributed by atoms with E-state index < -0.39 is 0 Å². The van der Waals surface area contributed by atoms with Crippen LogP contribution in [0.25, 0.3) is 0 Å². The van der Waals surface area contributed by atoms with Crippen molar-refractivity contribution in [3.05, 3.63) is 119 Å². The first-order valence-electron chi connectivity index (χ1n) is 13.5. The third kappa shape index (κ3) is 7.20. The number of hydrogen-bond donors (Lipinski definition) is 0. The second-order valence-electron chi connectivity index (χ2n) is 10.4. The lowest BCUT2D eigenvalue weighted by atomic mass is 9.76. The monoisotopic (exact) mass is 450 g/mol. The average molecular weight is 451 g/mol. The van der Waals surface area contributed by atoms with Crippen molar-refractivity contribution in [3.8, 4) is 0 Å². The van der Waals surface area contributed by atoms with Gasteiger partial charge in [-0.1, -0.05) is 97.9 Å². The Kier molecular flexibility index (Phi) is 9.19. The van der Waals surface area contributed by atoms with Gasteiger partial charge in [0, 0.05) is 0 Å². The molecule has 0 amide bonds. The highest BCUT2D eigenvalue weighted by molar-refractivity contribution is 5.28. The molecule has 0 saturated heterocycles. The van der Waals surface area contributed by atoms with Crippen molar-refractivity contribution in [3.63, 3.8) is 0 Å². The second-order valence-corrected chi connectivity index (χ2v) is 10.4. The summed E-state index contributed by atoms with van der Waals surface area (Å²) < 4.78 is 0. The molecule has 3 aromatic rings. The Labute approximate surface area is 208 Å². The van der Waals surface area contributed by atoms with Crippen molar-refractivity contribution in [2.24, 2.45) is 5.92 Å². The molecule has 34 heavy (non-hydrogen) atoms. The van der Waals surface area contributed by atoms with E-state index >= 15 is 0 Å². The van der Waals surface area contributed by atoms with Crippen LogP contribution in [0.15, 0.2) is 91.0 Å². The lowest BCUT2D eigenvalue weighted by Gasteiger charge is -2.29. The summed E-state index contributed by atoms with van der Waals surface area (Å²) in [7, 11) is 0. The molecular weight excluding hydrogens is 408 g/mol. The molecule has 0 N–H and O–H groups in total. The summed E-state index contributed by atoms with van der Waals surface area (Å²) in [6.07, 6.45) is 15.9. The highest BCUT2D eigenvalue weighted by Gasteiger charge is 2.22. The fourth-order valence-corrected chi connectivity index (χ4v) is 5.62. The van der Waals surface area contributed by atoms with Crippen LogP contribution >= 0.6 is 0 Å². The van der Waals surface area contributed by atoms with E-state index in [-0.39, 0.29) is 0 Å². The molecule has 0 radical (unpaired) electrons. The van der Waals surface area contributed by atoms with E-state index in [1.807, 2.05) is 0 Å². The maximum atomic E-state index is 2.40. The van der Waals surface area contributed by atoms with Crippen molar-refractivity contribution in [2.75, 3.05) is 0 Å². The van der Waals surface area contributed by atoms with Crippen LogP contribution in [-0.4, -0.2) is 0 Å². The Balaban J connectivity index is 1.19. The lowest BCUT2D eigenvalue weighted by molar-refractivity contribution is 0.310. The summed E-state index contributed by atoms with van der Waals surface area (Å²) in [5, 5.41) is 0. The highest BCUT2D eigenvalue weighted by atomic mass is 14.3. The van der Waals surface area contributed by atoms with Gasteiger partial charge < -0.3 is 0 Å². The van der Waals surface area contributed by atoms with Gasteiger partial charge >= 0.3 is 0 Å². The number of aryl methyl sites for hydroxylation is 2. The molecule has 1 saturated carbocycles. The molecule has 1 aliphatic carbocycles. The summed E-state index contributed by atoms with van der Waals surface area (Å²) in [6.45, 7) is 4.43. The van der Waals surface area contributed by atoms with Crippen molar-refractivity contribution in [1.29, 1.82) is 0 Å². The first kappa shape index (κ1) is 24.5. The zero-order chi connectivity index (χ0) is 23.6. The van der Waals surface area contributed by atoms with Gasteiger partial charge in [0.1, 0.15) is 0 Å². The van der Waals surface area contributed by atoms with E-state index in [0.717, 1.165) is 31.1 Å². The lowest BCUT2D eigenvalue weighted by Crippen LogP contribution is -2.14. The van der Waals surface area contributed by atoms with E-state index in [4.69, 9.17) is 0 Å². The highest BCUT2D eigenvalue weighted by Crippen LogP contribution is 2.37. The Morgan fingerprint density at radius 2 is 1.35 bits per heavy atom. The van der Waals surface area contributed by atoms with Gasteiger partial charge in [-0.3, -0.25) is 0 Å². The third-order valence-electron chi connectivity index (χ3n) is 7.91. The minimum absolute atomic E-state index is 0.566. The van der Waals surface area contributed by atoms with Gasteiger partial charge in [-0.15, -0.1) is 0 Å². The fourth-order valence-electron chi connectivity index (χ4n) is 5.62. The molecule has 1 aliphatic rings. The predicted molar refractivity (Wildman–Crippen MR) is 148 cm³/mol. The molecule has 0 bridgehead atoms. The van der Waals surface area contributed by atoms with E-state index in [1.165, 1.54) is 60.8 Å². The Bertz CT molecular complexity index is 986. The van der Waals surface area contributed by atoms with Gasteiger partial charge in [-0.2, -0.15) is 0 Å². The van der Waals surface area contributed by atoms with E-state index in [1.54, 1.807) is 5.56 Å². The quantitative estimate of drug-likeness (QED) is 0.270. The molecule has 0 spiro atoms. The smallest absolute Gasteiger partial charge is 0.0150 e. The van der Waals surface area contributed by atoms with Gasteiger partial charge in [-0.25, -0.2) is 0 Å². The molecular formula is C34H42. The molecule has 0 heterocycles. The van der Waals surface area contributed by atoms with Crippen molar-refractivity contribution < 1.29 is 0 Å². The Morgan fingerprint density at radius 3 is 2.03 bits per heavy atom. The molecule has 3 aromatic carbocycles. The number of hydrogen-bond acceptors (Lipinski definition) is 0. The van der Waals surface area contributed by atoms with Crippen LogP contribution in [0, 0.1) is 5.92 Å². The molecule has 0 aromatic heterocycles. The van der Waals surface area contributed by atoms with Crippen molar-refractivity contribution in [2.45, 2.75) is 83.5 Å². The van der Waals surface area contributed by atoms with E-state index in [9.17, 15) is 0 Å². The summed E-state index contributed by atoms with van der Waals surface area (Å²) >= 11 is 0. The van der Waals surface area contributed by atoms with Gasteiger partial charge in [-0.05, 0) is 110 Å². The predicted octanol–water partition coefficient (Wildman–Crippen LogP) is 9.45. The largest absolute Gasteiger partial charge is 0.0917 e. The van der Waals surface area contributed by atoms with Crippen LogP contribution in [0.3, 0.4) is 0 Å². The first-order chi connectivity index (χ1) is 16.7. The zero-order valence-corrected chi connectivity index (χ0v) is 21.3. The molecule has 0 heteroatoms. The molecule has 1 fully saturated rings. The fraction of sp³-hybridized carbons (Fsp3) is 0.412. The van der Waals surface area contributed by atoms with Crippen molar-refractivity contribution in [1.82, 2.24) is 0 Å². The van der Waals surface area contributed by atoms with Crippen LogP contribution < -0.4 is 0 Å². The summed E-state index contributed by atoms with van der Waals surface area (Å²) in [6, 6.07) is 29.8. The molecule has 0 nitrogen and oxygen atoms in total. The third-order valence-corrected chi connectivity index (χ3v) is 7.91. The average Bonchev–Trinajstić information content (AvgIpc) is 2.90. The molecule has 0 unspecified atom stereocenters. The first-order valence-corrected chi connectivity index (χ1v) is 13.5. The summed E-state index contributed by atoms with van der Waals surface area (Å²) in [4.78, 5) is 0. The summed E-state index contributed by atoms with van der Waals surface area (Å²) in [5.41, 5.74) is 7.42. The molecule has 4 rings (SSSR count). The maximum absolute atomic E-state index is 2.40. The summed E-state index contributed by atoms with van der Waals surface area (Å²) in [5.74, 6) is 2.23. The van der Waals surface area contributed by atoms with Crippen LogP contribution in [0.1, 0.15) is 92.0 Å². The molecule has 1 atom stereocenters. The molecule has 0 aliphatic heterocycles. The number of rotatable bonds is 10. The standard InChI is InChI=1S/C34H42/c1-3-4-6-9-28-18-22-33(23-19-28)34-24-20-30(21-25-34)13-12-29-14-16-31(17-15-29)26-27(2)32-10-7-5-8-11-32/h3-5,7-8,10-11,14-19,22-23,27,30,34H,6,9,12-13,20-21,24-26H2,1-2H3/b4-3+/t27-,30?,34?/m1/s1. The minimum Gasteiger partial charge on any atom is -0.0917 e. The Hall–Kier alpha value is -2.60. The van der Waals surface area contributed by atoms with Crippen LogP contribution in [0.4, 0.5) is 0 Å². The van der Waals surface area contributed by atoms with E-state index in [2.05, 4.69) is 105 Å². The topological polar surface area (TPSA) is 0 Å².